The van der Waals surface area contributed by atoms with Crippen LogP contribution >= 0.6 is 11.8 Å². The second-order valence-electron chi connectivity index (χ2n) is 7.99. The summed E-state index contributed by atoms with van der Waals surface area (Å²) in [6.45, 7) is 7.62. The molecular weight excluding hydrogens is 416 g/mol. The number of thioether (sulfide) groups is 1. The normalized spacial score (nSPS) is 11.1. The maximum absolute atomic E-state index is 13.1. The molecular formula is C26H28N4OS. The summed E-state index contributed by atoms with van der Waals surface area (Å²) in [5, 5.41) is 9.31. The number of aryl methyl sites for hydroxylation is 3. The highest BCUT2D eigenvalue weighted by molar-refractivity contribution is 7.99. The minimum Gasteiger partial charge on any atom is -0.348 e. The average Bonchev–Trinajstić information content (AvgIpc) is 3.30. The van der Waals surface area contributed by atoms with E-state index in [1.54, 1.807) is 0 Å². The molecule has 0 saturated carbocycles. The van der Waals surface area contributed by atoms with Crippen molar-refractivity contribution in [3.05, 3.63) is 101 Å². The molecule has 5 nitrogen and oxygen atoms in total. The van der Waals surface area contributed by atoms with E-state index in [1.807, 2.05) is 44.2 Å². The highest BCUT2D eigenvalue weighted by Crippen LogP contribution is 2.23. The maximum Gasteiger partial charge on any atom is 0.191 e. The number of ketones is 1. The smallest absolute Gasteiger partial charge is 0.191 e. The predicted octanol–water partition coefficient (Wildman–Crippen LogP) is 5.27. The lowest BCUT2D eigenvalue weighted by Crippen LogP contribution is -2.09. The summed E-state index contributed by atoms with van der Waals surface area (Å²) in [6, 6.07) is 22.7. The minimum absolute atomic E-state index is 0.126. The fourth-order valence-corrected chi connectivity index (χ4v) is 4.80. The molecule has 32 heavy (non-hydrogen) atoms. The summed E-state index contributed by atoms with van der Waals surface area (Å²) in [7, 11) is 0. The third-order valence-corrected chi connectivity index (χ3v) is 6.73. The molecule has 4 rings (SSSR count). The van der Waals surface area contributed by atoms with Crippen LogP contribution in [0.25, 0.3) is 0 Å². The molecule has 0 spiro atoms. The van der Waals surface area contributed by atoms with E-state index in [-0.39, 0.29) is 5.78 Å². The fourth-order valence-electron chi connectivity index (χ4n) is 3.94. The van der Waals surface area contributed by atoms with Crippen LogP contribution in [0.5, 0.6) is 0 Å². The van der Waals surface area contributed by atoms with Crippen LogP contribution in [0.1, 0.15) is 38.7 Å². The first kappa shape index (κ1) is 22.1. The average molecular weight is 445 g/mol. The van der Waals surface area contributed by atoms with Gasteiger partial charge in [0.25, 0.3) is 0 Å². The highest BCUT2D eigenvalue weighted by Gasteiger charge is 2.18. The molecule has 2 aromatic carbocycles. The number of carbonyl (C=O) groups is 1. The van der Waals surface area contributed by atoms with Gasteiger partial charge in [0.15, 0.2) is 10.9 Å². The first-order valence-electron chi connectivity index (χ1n) is 10.8. The van der Waals surface area contributed by atoms with Crippen LogP contribution in [0.3, 0.4) is 0 Å². The molecule has 2 aromatic heterocycles. The number of hydrogen-bond donors (Lipinski definition) is 0. The van der Waals surface area contributed by atoms with Crippen LogP contribution in [-0.4, -0.2) is 30.9 Å². The summed E-state index contributed by atoms with van der Waals surface area (Å²) in [5.41, 5.74) is 5.44. The molecule has 4 aromatic rings. The predicted molar refractivity (Wildman–Crippen MR) is 129 cm³/mol. The molecule has 0 bridgehead atoms. The van der Waals surface area contributed by atoms with Gasteiger partial charge in [0, 0.05) is 23.5 Å². The summed E-state index contributed by atoms with van der Waals surface area (Å²) in [5.74, 6) is 1.32. The van der Waals surface area contributed by atoms with E-state index in [4.69, 9.17) is 0 Å². The molecule has 0 amide bonds. The highest BCUT2D eigenvalue weighted by atomic mass is 32.2. The van der Waals surface area contributed by atoms with Gasteiger partial charge in [0.2, 0.25) is 0 Å². The number of benzene rings is 2. The Hall–Kier alpha value is -3.12. The van der Waals surface area contributed by atoms with Gasteiger partial charge in [-0.3, -0.25) is 4.79 Å². The second kappa shape index (κ2) is 10.0. The van der Waals surface area contributed by atoms with Crippen LogP contribution in [0, 0.1) is 20.8 Å². The van der Waals surface area contributed by atoms with Crippen LogP contribution in [0.2, 0.25) is 0 Å². The summed E-state index contributed by atoms with van der Waals surface area (Å²) in [6.07, 6.45) is 0.946. The molecule has 164 valence electrons. The van der Waals surface area contributed by atoms with Crippen molar-refractivity contribution in [2.24, 2.45) is 0 Å². The summed E-state index contributed by atoms with van der Waals surface area (Å²) in [4.78, 5) is 13.1. The fraction of sp³-hybridized carbons (Fsp3) is 0.269. The summed E-state index contributed by atoms with van der Waals surface area (Å²) >= 11 is 1.45. The molecule has 2 heterocycles. The van der Waals surface area contributed by atoms with Crippen molar-refractivity contribution in [2.75, 3.05) is 5.75 Å². The van der Waals surface area contributed by atoms with E-state index in [9.17, 15) is 4.79 Å². The SMILES string of the molecule is Cc1cc(C(=O)CSc2nnc(C)n2Cc2ccccc2)c(C)n1CCc1ccccc1. The van der Waals surface area contributed by atoms with E-state index >= 15 is 0 Å². The summed E-state index contributed by atoms with van der Waals surface area (Å²) < 4.78 is 4.31. The van der Waals surface area contributed by atoms with Crippen molar-refractivity contribution in [3.8, 4) is 0 Å². The lowest BCUT2D eigenvalue weighted by atomic mass is 10.1. The van der Waals surface area contributed by atoms with Crippen molar-refractivity contribution < 1.29 is 4.79 Å². The minimum atomic E-state index is 0.126. The van der Waals surface area contributed by atoms with Crippen LogP contribution in [0.4, 0.5) is 0 Å². The Morgan fingerprint density at radius 3 is 2.22 bits per heavy atom. The van der Waals surface area contributed by atoms with E-state index in [0.29, 0.717) is 12.3 Å². The van der Waals surface area contributed by atoms with Gasteiger partial charge in [-0.15, -0.1) is 10.2 Å². The van der Waals surface area contributed by atoms with Gasteiger partial charge in [-0.2, -0.15) is 0 Å². The van der Waals surface area contributed by atoms with Crippen molar-refractivity contribution in [1.82, 2.24) is 19.3 Å². The molecule has 0 saturated heterocycles. The zero-order chi connectivity index (χ0) is 22.5. The van der Waals surface area contributed by atoms with Gasteiger partial charge in [0.1, 0.15) is 5.82 Å². The monoisotopic (exact) mass is 444 g/mol. The van der Waals surface area contributed by atoms with Crippen molar-refractivity contribution in [2.45, 2.75) is 45.4 Å². The number of hydrogen-bond acceptors (Lipinski definition) is 4. The van der Waals surface area contributed by atoms with Crippen molar-refractivity contribution >= 4 is 17.5 Å². The van der Waals surface area contributed by atoms with Gasteiger partial charge in [-0.05, 0) is 44.4 Å². The van der Waals surface area contributed by atoms with Crippen molar-refractivity contribution in [3.63, 3.8) is 0 Å². The zero-order valence-corrected chi connectivity index (χ0v) is 19.6. The molecule has 0 aliphatic rings. The Kier molecular flexibility index (Phi) is 6.90. The molecule has 0 unspecified atom stereocenters. The van der Waals surface area contributed by atoms with Crippen LogP contribution in [-0.2, 0) is 19.5 Å². The zero-order valence-electron chi connectivity index (χ0n) is 18.8. The number of Topliss-reactive ketones (excluding diaryl/α,β-unsaturated/α-hetero) is 1. The third kappa shape index (κ3) is 5.02. The number of rotatable bonds is 9. The van der Waals surface area contributed by atoms with E-state index < -0.39 is 0 Å². The Labute approximate surface area is 193 Å². The van der Waals surface area contributed by atoms with Gasteiger partial charge in [-0.1, -0.05) is 72.4 Å². The Morgan fingerprint density at radius 2 is 1.53 bits per heavy atom. The third-order valence-electron chi connectivity index (χ3n) is 5.76. The first-order chi connectivity index (χ1) is 15.5. The van der Waals surface area contributed by atoms with E-state index in [2.05, 4.69) is 62.7 Å². The van der Waals surface area contributed by atoms with Crippen LogP contribution in [0.15, 0.2) is 71.9 Å². The number of nitrogens with zero attached hydrogens (tertiary/aromatic N) is 4. The largest absolute Gasteiger partial charge is 0.348 e. The molecule has 0 aliphatic carbocycles. The van der Waals surface area contributed by atoms with Gasteiger partial charge in [0.05, 0.1) is 12.3 Å². The molecule has 0 N–H and O–H groups in total. The molecule has 0 aliphatic heterocycles. The molecule has 0 radical (unpaired) electrons. The van der Waals surface area contributed by atoms with Crippen LogP contribution < -0.4 is 0 Å². The van der Waals surface area contributed by atoms with Gasteiger partial charge >= 0.3 is 0 Å². The van der Waals surface area contributed by atoms with Crippen molar-refractivity contribution in [1.29, 1.82) is 0 Å². The lowest BCUT2D eigenvalue weighted by Gasteiger charge is -2.10. The lowest BCUT2D eigenvalue weighted by molar-refractivity contribution is 0.102. The van der Waals surface area contributed by atoms with E-state index in [0.717, 1.165) is 40.9 Å². The van der Waals surface area contributed by atoms with Gasteiger partial charge in [-0.25, -0.2) is 0 Å². The topological polar surface area (TPSA) is 52.7 Å². The van der Waals surface area contributed by atoms with E-state index in [1.165, 1.54) is 22.9 Å². The number of carbonyl (C=O) groups excluding carboxylic acids is 1. The number of aromatic nitrogens is 4. The standard InChI is InChI=1S/C26H28N4OS/c1-19-16-24(20(2)29(19)15-14-22-10-6-4-7-11-22)25(31)18-32-26-28-27-21(3)30(26)17-23-12-8-5-9-13-23/h4-13,16H,14-15,17-18H2,1-3H3. The molecule has 0 atom stereocenters. The molecule has 0 fully saturated rings. The Morgan fingerprint density at radius 1 is 0.875 bits per heavy atom. The molecule has 6 heteroatoms. The first-order valence-corrected chi connectivity index (χ1v) is 11.8. The van der Waals surface area contributed by atoms with Gasteiger partial charge < -0.3 is 9.13 Å². The second-order valence-corrected chi connectivity index (χ2v) is 8.93. The Bertz CT molecular complexity index is 1200. The Balaban J connectivity index is 1.43. The quantitative estimate of drug-likeness (QED) is 0.261. The maximum atomic E-state index is 13.1.